The van der Waals surface area contributed by atoms with Crippen molar-refractivity contribution in [1.29, 1.82) is 0 Å². The molecule has 6 aliphatic rings. The largest absolute Gasteiger partial charge is 0.390 e. The number of hydrogen-bond acceptors (Lipinski definition) is 5. The lowest BCUT2D eigenvalue weighted by molar-refractivity contribution is -0.101. The molecule has 7 heteroatoms. The van der Waals surface area contributed by atoms with Crippen molar-refractivity contribution >= 4 is 11.9 Å². The lowest BCUT2D eigenvalue weighted by Crippen LogP contribution is -2.54. The summed E-state index contributed by atoms with van der Waals surface area (Å²) in [5.74, 6) is 1.75. The number of nitrogens with zero attached hydrogens (tertiary/aromatic N) is 3. The Balaban J connectivity index is 1.49. The van der Waals surface area contributed by atoms with E-state index in [4.69, 9.17) is 4.99 Å². The van der Waals surface area contributed by atoms with Crippen LogP contribution >= 0.6 is 0 Å². The van der Waals surface area contributed by atoms with Gasteiger partial charge in [0.1, 0.15) is 17.7 Å². The first kappa shape index (κ1) is 18.3. The maximum atomic E-state index is 13.2. The first-order valence-electron chi connectivity index (χ1n) is 11.2. The second-order valence-corrected chi connectivity index (χ2v) is 9.48. The van der Waals surface area contributed by atoms with Crippen LogP contribution in [-0.2, 0) is 0 Å². The number of carbonyl (C=O) groups excluding carboxylic acids is 1. The summed E-state index contributed by atoms with van der Waals surface area (Å²) in [6, 6.07) is 0.379. The third-order valence-corrected chi connectivity index (χ3v) is 7.65. The van der Waals surface area contributed by atoms with Crippen LogP contribution in [0.3, 0.4) is 0 Å². The van der Waals surface area contributed by atoms with Crippen LogP contribution in [0, 0.1) is 5.41 Å². The first-order chi connectivity index (χ1) is 13.5. The Labute approximate surface area is 167 Å². The van der Waals surface area contributed by atoms with Crippen molar-refractivity contribution in [3.8, 4) is 0 Å². The fourth-order valence-corrected chi connectivity index (χ4v) is 5.88. The van der Waals surface area contributed by atoms with E-state index in [0.29, 0.717) is 12.6 Å². The minimum absolute atomic E-state index is 0.00832. The molecule has 6 rings (SSSR count). The molecule has 28 heavy (non-hydrogen) atoms. The van der Waals surface area contributed by atoms with Crippen LogP contribution in [-0.4, -0.2) is 57.7 Å². The van der Waals surface area contributed by atoms with Gasteiger partial charge in [-0.25, -0.2) is 9.79 Å². The molecule has 1 unspecified atom stereocenters. The Morgan fingerprint density at radius 1 is 1.11 bits per heavy atom. The molecule has 154 valence electrons. The number of urea groups is 1. The molecule has 3 N–H and O–H groups in total. The van der Waals surface area contributed by atoms with Gasteiger partial charge in [0.15, 0.2) is 5.84 Å². The van der Waals surface area contributed by atoms with Crippen molar-refractivity contribution < 1.29 is 9.90 Å². The summed E-state index contributed by atoms with van der Waals surface area (Å²) < 4.78 is 0. The molecule has 0 aromatic heterocycles. The second-order valence-electron chi connectivity index (χ2n) is 9.48. The SMILES string of the molecule is CCC[C@@H]1CN2C(=O)N(CCC)C3=NC(C45CCC(O)(CC4)CC5)NC3=C2N1. The Bertz CT molecular complexity index is 721. The maximum Gasteiger partial charge on any atom is 0.331 e. The number of nitrogens with one attached hydrogen (secondary N) is 2. The van der Waals surface area contributed by atoms with Gasteiger partial charge in [-0.15, -0.1) is 0 Å². The topological polar surface area (TPSA) is 80.2 Å². The molecular formula is C21H33N5O2. The smallest absolute Gasteiger partial charge is 0.331 e. The van der Waals surface area contributed by atoms with E-state index in [0.717, 1.165) is 81.7 Å². The highest BCUT2D eigenvalue weighted by molar-refractivity contribution is 6.11. The number of aliphatic hydroxyl groups is 1. The number of hydrogen-bond donors (Lipinski definition) is 3. The van der Waals surface area contributed by atoms with Crippen LogP contribution in [0.4, 0.5) is 4.79 Å². The van der Waals surface area contributed by atoms with Crippen molar-refractivity contribution in [1.82, 2.24) is 20.4 Å². The molecule has 2 atom stereocenters. The molecule has 3 saturated carbocycles. The van der Waals surface area contributed by atoms with Gasteiger partial charge in [0.25, 0.3) is 0 Å². The van der Waals surface area contributed by atoms with Gasteiger partial charge in [0, 0.05) is 24.5 Å². The van der Waals surface area contributed by atoms with E-state index >= 15 is 0 Å². The van der Waals surface area contributed by atoms with E-state index < -0.39 is 5.60 Å². The van der Waals surface area contributed by atoms with E-state index in [1.165, 1.54) is 0 Å². The fourth-order valence-electron chi connectivity index (χ4n) is 5.88. The zero-order valence-electron chi connectivity index (χ0n) is 17.1. The van der Waals surface area contributed by atoms with Crippen LogP contribution in [0.25, 0.3) is 0 Å². The third kappa shape index (κ3) is 2.58. The van der Waals surface area contributed by atoms with Gasteiger partial charge in [0.2, 0.25) is 0 Å². The average molecular weight is 388 g/mol. The summed E-state index contributed by atoms with van der Waals surface area (Å²) in [5.41, 5.74) is 0.677. The van der Waals surface area contributed by atoms with Gasteiger partial charge in [-0.05, 0) is 51.4 Å². The normalized spacial score (nSPS) is 39.0. The van der Waals surface area contributed by atoms with E-state index in [9.17, 15) is 9.90 Å². The van der Waals surface area contributed by atoms with Crippen LogP contribution < -0.4 is 10.6 Å². The number of amides is 2. The zero-order valence-corrected chi connectivity index (χ0v) is 17.1. The number of carbonyl (C=O) groups is 1. The molecule has 3 aliphatic carbocycles. The molecule has 0 radical (unpaired) electrons. The van der Waals surface area contributed by atoms with Crippen LogP contribution in [0.15, 0.2) is 16.5 Å². The standard InChI is InChI=1S/C21H33N5O2/c1-3-5-14-13-26-16(22-14)15-17(25(12-4-2)19(26)27)24-18(23-15)20-6-9-21(28,10-7-20)11-8-20/h14,18,22-23,28H,3-13H2,1-2H3/t14-,18?,20?,21?/m1/s1. The monoisotopic (exact) mass is 387 g/mol. The minimum atomic E-state index is -0.441. The van der Waals surface area contributed by atoms with Crippen molar-refractivity contribution in [2.45, 2.75) is 89.4 Å². The van der Waals surface area contributed by atoms with E-state index in [1.54, 1.807) is 0 Å². The molecular weight excluding hydrogens is 354 g/mol. The van der Waals surface area contributed by atoms with Gasteiger partial charge in [-0.1, -0.05) is 20.3 Å². The molecule has 3 aliphatic heterocycles. The lowest BCUT2D eigenvalue weighted by atomic mass is 9.57. The van der Waals surface area contributed by atoms with Crippen molar-refractivity contribution in [3.63, 3.8) is 0 Å². The number of rotatable bonds is 5. The fraction of sp³-hybridized carbons (Fsp3) is 0.810. The van der Waals surface area contributed by atoms with Crippen molar-refractivity contribution in [2.75, 3.05) is 13.1 Å². The molecule has 2 bridgehead atoms. The summed E-state index contributed by atoms with van der Waals surface area (Å²) in [4.78, 5) is 22.1. The van der Waals surface area contributed by atoms with Gasteiger partial charge in [-0.2, -0.15) is 0 Å². The Morgan fingerprint density at radius 2 is 1.82 bits per heavy atom. The molecule has 1 saturated heterocycles. The molecule has 2 amide bonds. The Hall–Kier alpha value is -1.76. The first-order valence-corrected chi connectivity index (χ1v) is 11.2. The highest BCUT2D eigenvalue weighted by Crippen LogP contribution is 2.55. The Kier molecular flexibility index (Phi) is 4.16. The molecule has 0 aromatic rings. The molecule has 4 fully saturated rings. The molecule has 0 aromatic carbocycles. The maximum absolute atomic E-state index is 13.2. The lowest BCUT2D eigenvalue weighted by Gasteiger charge is -2.52. The van der Waals surface area contributed by atoms with E-state index in [2.05, 4.69) is 24.5 Å². The summed E-state index contributed by atoms with van der Waals surface area (Å²) >= 11 is 0. The highest BCUT2D eigenvalue weighted by Gasteiger charge is 2.55. The molecule has 0 spiro atoms. The number of amidine groups is 1. The summed E-state index contributed by atoms with van der Waals surface area (Å²) in [5, 5.41) is 17.9. The number of fused-ring (bicyclic) bond motifs is 5. The minimum Gasteiger partial charge on any atom is -0.390 e. The highest BCUT2D eigenvalue weighted by atomic mass is 16.3. The predicted molar refractivity (Wildman–Crippen MR) is 107 cm³/mol. The molecule has 7 nitrogen and oxygen atoms in total. The predicted octanol–water partition coefficient (Wildman–Crippen LogP) is 2.49. The summed E-state index contributed by atoms with van der Waals surface area (Å²) in [6.45, 7) is 5.73. The van der Waals surface area contributed by atoms with E-state index in [1.807, 2.05) is 9.80 Å². The second kappa shape index (κ2) is 6.37. The summed E-state index contributed by atoms with van der Waals surface area (Å²) in [7, 11) is 0. The van der Waals surface area contributed by atoms with Crippen LogP contribution in [0.1, 0.15) is 71.6 Å². The van der Waals surface area contributed by atoms with Crippen LogP contribution in [0.2, 0.25) is 0 Å². The van der Waals surface area contributed by atoms with Gasteiger partial charge >= 0.3 is 6.03 Å². The molecule has 3 heterocycles. The summed E-state index contributed by atoms with van der Waals surface area (Å²) in [6.07, 6.45) is 8.75. The van der Waals surface area contributed by atoms with E-state index in [-0.39, 0.29) is 17.6 Å². The Morgan fingerprint density at radius 3 is 2.46 bits per heavy atom. The van der Waals surface area contributed by atoms with Gasteiger partial charge in [-0.3, -0.25) is 9.80 Å². The van der Waals surface area contributed by atoms with Gasteiger partial charge < -0.3 is 15.7 Å². The average Bonchev–Trinajstić information content (AvgIpc) is 3.31. The number of aliphatic imine (C=N–C) groups is 1. The third-order valence-electron chi connectivity index (χ3n) is 7.65. The van der Waals surface area contributed by atoms with Crippen molar-refractivity contribution in [3.05, 3.63) is 11.5 Å². The van der Waals surface area contributed by atoms with Crippen LogP contribution in [0.5, 0.6) is 0 Å². The zero-order chi connectivity index (χ0) is 19.5. The quantitative estimate of drug-likeness (QED) is 0.677. The van der Waals surface area contributed by atoms with Crippen molar-refractivity contribution in [2.24, 2.45) is 10.4 Å². The van der Waals surface area contributed by atoms with Gasteiger partial charge in [0.05, 0.1) is 5.60 Å².